The third-order valence-corrected chi connectivity index (χ3v) is 2.72. The molecule has 1 aromatic carbocycles. The molecule has 1 amide bonds. The van der Waals surface area contributed by atoms with Crippen LogP contribution in [0.1, 0.15) is 5.69 Å². The molecule has 0 radical (unpaired) electrons. The number of aryl methyl sites for hydroxylation is 1. The van der Waals surface area contributed by atoms with Gasteiger partial charge in [-0.25, -0.2) is 0 Å². The van der Waals surface area contributed by atoms with Gasteiger partial charge in [0.05, 0.1) is 5.69 Å². The van der Waals surface area contributed by atoms with Crippen molar-refractivity contribution in [2.75, 3.05) is 18.9 Å². The molecule has 0 spiro atoms. The lowest BCUT2D eigenvalue weighted by Crippen LogP contribution is -2.30. The van der Waals surface area contributed by atoms with Crippen molar-refractivity contribution in [3.8, 4) is 5.75 Å². The highest BCUT2D eigenvalue weighted by atomic mass is 16.5. The number of aromatic nitrogens is 2. The Morgan fingerprint density at radius 1 is 1.35 bits per heavy atom. The number of rotatable bonds is 6. The van der Waals surface area contributed by atoms with Gasteiger partial charge >= 0.3 is 0 Å². The molecular weight excluding hydrogens is 256 g/mol. The van der Waals surface area contributed by atoms with Crippen molar-refractivity contribution in [3.05, 3.63) is 42.2 Å². The summed E-state index contributed by atoms with van der Waals surface area (Å²) in [6.07, 6.45) is 2.58. The zero-order chi connectivity index (χ0) is 14.4. The Balaban J connectivity index is 1.66. The van der Waals surface area contributed by atoms with Crippen molar-refractivity contribution in [2.45, 2.75) is 6.42 Å². The Bertz CT molecular complexity index is 563. The number of carbonyl (C=O) groups excluding carboxylic acids is 1. The topological polar surface area (TPSA) is 82.2 Å². The molecule has 2 rings (SSSR count). The number of hydrogen-bond donors (Lipinski definition) is 2. The number of nitrogen functional groups attached to an aromatic ring is 1. The first-order chi connectivity index (χ1) is 9.63. The van der Waals surface area contributed by atoms with Crippen molar-refractivity contribution in [3.63, 3.8) is 0 Å². The summed E-state index contributed by atoms with van der Waals surface area (Å²) in [6.45, 7) is 0.535. The van der Waals surface area contributed by atoms with Gasteiger partial charge in [0, 0.05) is 31.9 Å². The molecule has 6 heteroatoms. The van der Waals surface area contributed by atoms with E-state index in [2.05, 4.69) is 10.4 Å². The molecule has 0 aliphatic carbocycles. The number of nitrogens with one attached hydrogen (secondary N) is 1. The third kappa shape index (κ3) is 4.31. The Kier molecular flexibility index (Phi) is 4.60. The minimum Gasteiger partial charge on any atom is -0.484 e. The van der Waals surface area contributed by atoms with Crippen LogP contribution in [0.4, 0.5) is 5.69 Å². The largest absolute Gasteiger partial charge is 0.484 e. The molecule has 0 aliphatic rings. The average Bonchev–Trinajstić information content (AvgIpc) is 2.84. The maximum Gasteiger partial charge on any atom is 0.257 e. The van der Waals surface area contributed by atoms with E-state index in [9.17, 15) is 4.79 Å². The van der Waals surface area contributed by atoms with Crippen LogP contribution in [-0.4, -0.2) is 28.8 Å². The van der Waals surface area contributed by atoms with Crippen LogP contribution < -0.4 is 15.8 Å². The summed E-state index contributed by atoms with van der Waals surface area (Å²) in [5.74, 6) is 0.469. The second-order valence-corrected chi connectivity index (χ2v) is 4.44. The molecule has 0 bridgehead atoms. The van der Waals surface area contributed by atoms with Crippen LogP contribution in [0, 0.1) is 0 Å². The number of amides is 1. The number of hydrogen-bond acceptors (Lipinski definition) is 4. The highest BCUT2D eigenvalue weighted by molar-refractivity contribution is 5.77. The van der Waals surface area contributed by atoms with Gasteiger partial charge in [-0.15, -0.1) is 0 Å². The lowest BCUT2D eigenvalue weighted by Gasteiger charge is -2.07. The normalized spacial score (nSPS) is 10.2. The number of nitrogens with two attached hydrogens (primary N) is 1. The summed E-state index contributed by atoms with van der Waals surface area (Å²) >= 11 is 0. The van der Waals surface area contributed by atoms with Gasteiger partial charge in [-0.05, 0) is 30.3 Å². The van der Waals surface area contributed by atoms with Crippen LogP contribution in [0.2, 0.25) is 0 Å². The van der Waals surface area contributed by atoms with E-state index in [1.165, 1.54) is 0 Å². The molecule has 1 aromatic heterocycles. The van der Waals surface area contributed by atoms with Crippen LogP contribution in [0.3, 0.4) is 0 Å². The number of carbonyl (C=O) groups is 1. The molecule has 0 atom stereocenters. The van der Waals surface area contributed by atoms with Crippen molar-refractivity contribution in [1.29, 1.82) is 0 Å². The van der Waals surface area contributed by atoms with E-state index < -0.39 is 0 Å². The standard InChI is InChI=1S/C14H18N4O2/c1-18-9-7-12(17-18)6-8-16-14(19)10-20-13-4-2-11(15)3-5-13/h2-5,7,9H,6,8,10,15H2,1H3,(H,16,19). The summed E-state index contributed by atoms with van der Waals surface area (Å²) in [5.41, 5.74) is 7.18. The van der Waals surface area contributed by atoms with Gasteiger partial charge in [-0.2, -0.15) is 5.10 Å². The second kappa shape index (κ2) is 6.60. The van der Waals surface area contributed by atoms with Gasteiger partial charge in [0.15, 0.2) is 6.61 Å². The molecule has 20 heavy (non-hydrogen) atoms. The molecule has 0 unspecified atom stereocenters. The molecule has 106 valence electrons. The maximum absolute atomic E-state index is 11.6. The van der Waals surface area contributed by atoms with E-state index in [1.54, 1.807) is 28.9 Å². The van der Waals surface area contributed by atoms with E-state index in [0.29, 0.717) is 24.4 Å². The summed E-state index contributed by atoms with van der Waals surface area (Å²) in [4.78, 5) is 11.6. The average molecular weight is 274 g/mol. The summed E-state index contributed by atoms with van der Waals surface area (Å²) in [5, 5.41) is 7.02. The number of benzene rings is 1. The predicted octanol–water partition coefficient (Wildman–Crippen LogP) is 0.740. The first kappa shape index (κ1) is 13.9. The van der Waals surface area contributed by atoms with E-state index in [1.807, 2.05) is 19.3 Å². The minimum absolute atomic E-state index is 0.00780. The second-order valence-electron chi connectivity index (χ2n) is 4.44. The van der Waals surface area contributed by atoms with Crippen LogP contribution in [0.15, 0.2) is 36.5 Å². The molecule has 0 saturated carbocycles. The van der Waals surface area contributed by atoms with E-state index >= 15 is 0 Å². The molecular formula is C14H18N4O2. The van der Waals surface area contributed by atoms with E-state index in [4.69, 9.17) is 10.5 Å². The van der Waals surface area contributed by atoms with E-state index in [0.717, 1.165) is 5.69 Å². The SMILES string of the molecule is Cn1ccc(CCNC(=O)COc2ccc(N)cc2)n1. The molecule has 0 aliphatic heterocycles. The molecule has 3 N–H and O–H groups in total. The highest BCUT2D eigenvalue weighted by Crippen LogP contribution is 2.12. The summed E-state index contributed by atoms with van der Waals surface area (Å²) in [6, 6.07) is 8.85. The lowest BCUT2D eigenvalue weighted by molar-refractivity contribution is -0.123. The number of ether oxygens (including phenoxy) is 1. The Morgan fingerprint density at radius 2 is 2.10 bits per heavy atom. The third-order valence-electron chi connectivity index (χ3n) is 2.72. The Hall–Kier alpha value is -2.50. The van der Waals surface area contributed by atoms with Gasteiger partial charge in [0.25, 0.3) is 5.91 Å². The van der Waals surface area contributed by atoms with Gasteiger partial charge in [-0.3, -0.25) is 9.48 Å². The maximum atomic E-state index is 11.6. The zero-order valence-electron chi connectivity index (χ0n) is 11.4. The van der Waals surface area contributed by atoms with Crippen LogP contribution >= 0.6 is 0 Å². The molecule has 6 nitrogen and oxygen atoms in total. The van der Waals surface area contributed by atoms with Crippen molar-refractivity contribution >= 4 is 11.6 Å². The van der Waals surface area contributed by atoms with Gasteiger partial charge < -0.3 is 15.8 Å². The smallest absolute Gasteiger partial charge is 0.257 e. The van der Waals surface area contributed by atoms with Crippen molar-refractivity contribution < 1.29 is 9.53 Å². The lowest BCUT2D eigenvalue weighted by atomic mass is 10.3. The molecule has 0 saturated heterocycles. The zero-order valence-corrected chi connectivity index (χ0v) is 11.4. The first-order valence-electron chi connectivity index (χ1n) is 6.37. The molecule has 0 fully saturated rings. The quantitative estimate of drug-likeness (QED) is 0.761. The Labute approximate surface area is 117 Å². The summed E-state index contributed by atoms with van der Waals surface area (Å²) < 4.78 is 7.08. The minimum atomic E-state index is -0.155. The van der Waals surface area contributed by atoms with Crippen molar-refractivity contribution in [1.82, 2.24) is 15.1 Å². The predicted molar refractivity (Wildman–Crippen MR) is 76.3 cm³/mol. The first-order valence-corrected chi connectivity index (χ1v) is 6.37. The van der Waals surface area contributed by atoms with Crippen molar-refractivity contribution in [2.24, 2.45) is 7.05 Å². The fourth-order valence-corrected chi connectivity index (χ4v) is 1.69. The van der Waals surface area contributed by atoms with E-state index in [-0.39, 0.29) is 12.5 Å². The van der Waals surface area contributed by atoms with Crippen LogP contribution in [0.25, 0.3) is 0 Å². The molecule has 1 heterocycles. The fraction of sp³-hybridized carbons (Fsp3) is 0.286. The highest BCUT2D eigenvalue weighted by Gasteiger charge is 2.03. The van der Waals surface area contributed by atoms with Gasteiger partial charge in [0.2, 0.25) is 0 Å². The fourth-order valence-electron chi connectivity index (χ4n) is 1.69. The number of anilines is 1. The van der Waals surface area contributed by atoms with Crippen LogP contribution in [-0.2, 0) is 18.3 Å². The van der Waals surface area contributed by atoms with Gasteiger partial charge in [0.1, 0.15) is 5.75 Å². The summed E-state index contributed by atoms with van der Waals surface area (Å²) in [7, 11) is 1.86. The van der Waals surface area contributed by atoms with Gasteiger partial charge in [-0.1, -0.05) is 0 Å². The van der Waals surface area contributed by atoms with Crippen LogP contribution in [0.5, 0.6) is 5.75 Å². The monoisotopic (exact) mass is 274 g/mol. The Morgan fingerprint density at radius 3 is 2.75 bits per heavy atom. The molecule has 2 aromatic rings. The number of nitrogens with zero attached hydrogens (tertiary/aromatic N) is 2.